The summed E-state index contributed by atoms with van der Waals surface area (Å²) in [5, 5.41) is 2.52. The number of hydrogen-bond donors (Lipinski definition) is 0. The maximum absolute atomic E-state index is 2.39. The highest BCUT2D eigenvalue weighted by Gasteiger charge is 2.37. The average molecular weight is 868 g/mol. The summed E-state index contributed by atoms with van der Waals surface area (Å²) in [6.45, 7) is 4.73. The molecule has 0 saturated carbocycles. The molecule has 0 aromatic heterocycles. The van der Waals surface area contributed by atoms with Gasteiger partial charge in [-0.1, -0.05) is 226 Å². The third kappa shape index (κ3) is 7.39. The predicted molar refractivity (Wildman–Crippen MR) is 289 cm³/mol. The molecule has 0 fully saturated rings. The fourth-order valence-corrected chi connectivity index (χ4v) is 10.6. The molecule has 322 valence electrons. The molecular formula is C67H49N. The third-order valence-electron chi connectivity index (χ3n) is 14.1. The third-order valence-corrected chi connectivity index (χ3v) is 14.1. The second-order valence-corrected chi connectivity index (χ2v) is 18.5. The minimum Gasteiger partial charge on any atom is -0.310 e. The van der Waals surface area contributed by atoms with Gasteiger partial charge in [-0.05, 0) is 148 Å². The Kier molecular flexibility index (Phi) is 10.3. The highest BCUT2D eigenvalue weighted by atomic mass is 15.1. The van der Waals surface area contributed by atoms with Gasteiger partial charge in [0.05, 0.1) is 0 Å². The van der Waals surface area contributed by atoms with Crippen molar-refractivity contribution in [3.05, 3.63) is 272 Å². The van der Waals surface area contributed by atoms with Crippen LogP contribution in [-0.2, 0) is 5.41 Å². The Balaban J connectivity index is 0.890. The van der Waals surface area contributed by atoms with Gasteiger partial charge in [0, 0.05) is 22.5 Å². The maximum Gasteiger partial charge on any atom is 0.0467 e. The van der Waals surface area contributed by atoms with Crippen molar-refractivity contribution < 1.29 is 0 Å². The molecule has 0 radical (unpaired) electrons. The predicted octanol–water partition coefficient (Wildman–Crippen LogP) is 18.6. The van der Waals surface area contributed by atoms with Crippen LogP contribution in [0.3, 0.4) is 0 Å². The van der Waals surface area contributed by atoms with E-state index >= 15 is 0 Å². The second kappa shape index (κ2) is 17.0. The summed E-state index contributed by atoms with van der Waals surface area (Å²) in [6, 6.07) is 95.5. The Morgan fingerprint density at radius 3 is 1.41 bits per heavy atom. The van der Waals surface area contributed by atoms with Gasteiger partial charge < -0.3 is 4.90 Å². The number of benzene rings is 11. The zero-order valence-corrected chi connectivity index (χ0v) is 38.3. The Morgan fingerprint density at radius 2 is 0.691 bits per heavy atom. The Hall–Kier alpha value is -8.52. The van der Waals surface area contributed by atoms with Crippen molar-refractivity contribution in [1.82, 2.24) is 0 Å². The molecular weight excluding hydrogens is 819 g/mol. The first-order valence-corrected chi connectivity index (χ1v) is 23.7. The summed E-state index contributed by atoms with van der Waals surface area (Å²) < 4.78 is 0. The van der Waals surface area contributed by atoms with Crippen molar-refractivity contribution >= 4 is 27.8 Å². The molecule has 0 amide bonds. The fourth-order valence-electron chi connectivity index (χ4n) is 10.6. The van der Waals surface area contributed by atoms with Crippen molar-refractivity contribution in [1.29, 1.82) is 0 Å². The van der Waals surface area contributed by atoms with Gasteiger partial charge in [-0.2, -0.15) is 0 Å². The lowest BCUT2D eigenvalue weighted by molar-refractivity contribution is 0.662. The van der Waals surface area contributed by atoms with Gasteiger partial charge >= 0.3 is 0 Å². The minimum atomic E-state index is -0.102. The standard InChI is InChI=1S/C67H49N/c1-67(2)65-28-11-10-25-63(65)64-27-14-26-62(66(64)67)51-37-41-58(42-38-51)68(59-22-13-21-56(45-59)61-24-9-8-23-60(61)50-16-4-3-5-17-50)57-39-35-48(36-40-57)47-29-31-49(32-30-47)53-19-12-20-54(43-53)55-34-33-46-15-6-7-18-52(46)44-55/h3-45H,1-2H3. The van der Waals surface area contributed by atoms with Crippen LogP contribution < -0.4 is 4.90 Å². The molecule has 0 heterocycles. The van der Waals surface area contributed by atoms with Crippen LogP contribution in [0.15, 0.2) is 261 Å². The van der Waals surface area contributed by atoms with Crippen molar-refractivity contribution in [3.63, 3.8) is 0 Å². The molecule has 1 aliphatic rings. The van der Waals surface area contributed by atoms with Crippen molar-refractivity contribution in [2.45, 2.75) is 19.3 Å². The van der Waals surface area contributed by atoms with Crippen LogP contribution in [0.25, 0.3) is 88.7 Å². The first-order valence-electron chi connectivity index (χ1n) is 23.7. The van der Waals surface area contributed by atoms with Gasteiger partial charge in [0.2, 0.25) is 0 Å². The zero-order valence-electron chi connectivity index (χ0n) is 38.3. The van der Waals surface area contributed by atoms with Crippen molar-refractivity contribution in [2.75, 3.05) is 4.90 Å². The van der Waals surface area contributed by atoms with E-state index in [0.717, 1.165) is 17.1 Å². The molecule has 0 atom stereocenters. The number of fused-ring (bicyclic) bond motifs is 4. The molecule has 1 heteroatoms. The second-order valence-electron chi connectivity index (χ2n) is 18.5. The molecule has 0 bridgehead atoms. The first kappa shape index (κ1) is 40.9. The lowest BCUT2D eigenvalue weighted by Gasteiger charge is -2.27. The molecule has 0 N–H and O–H groups in total. The van der Waals surface area contributed by atoms with Gasteiger partial charge in [0.1, 0.15) is 0 Å². The van der Waals surface area contributed by atoms with E-state index in [0.29, 0.717) is 0 Å². The quantitative estimate of drug-likeness (QED) is 0.140. The van der Waals surface area contributed by atoms with Gasteiger partial charge in [0.15, 0.2) is 0 Å². The molecule has 12 rings (SSSR count). The lowest BCUT2D eigenvalue weighted by atomic mass is 9.79. The largest absolute Gasteiger partial charge is 0.310 e. The van der Waals surface area contributed by atoms with Crippen LogP contribution in [0.1, 0.15) is 25.0 Å². The molecule has 11 aromatic rings. The number of hydrogen-bond acceptors (Lipinski definition) is 1. The Labute approximate surface area is 399 Å². The van der Waals surface area contributed by atoms with E-state index in [9.17, 15) is 0 Å². The topological polar surface area (TPSA) is 3.24 Å². The van der Waals surface area contributed by atoms with Crippen LogP contribution in [0, 0.1) is 0 Å². The normalized spacial score (nSPS) is 12.4. The van der Waals surface area contributed by atoms with Crippen molar-refractivity contribution in [2.24, 2.45) is 0 Å². The molecule has 0 aliphatic heterocycles. The van der Waals surface area contributed by atoms with E-state index in [2.05, 4.69) is 280 Å². The van der Waals surface area contributed by atoms with E-state index in [1.807, 2.05) is 0 Å². The lowest BCUT2D eigenvalue weighted by Crippen LogP contribution is -2.16. The molecule has 0 saturated heterocycles. The van der Waals surface area contributed by atoms with Crippen molar-refractivity contribution in [3.8, 4) is 77.9 Å². The number of nitrogens with zero attached hydrogens (tertiary/aromatic N) is 1. The van der Waals surface area contributed by atoms with Crippen LogP contribution in [0.4, 0.5) is 17.1 Å². The monoisotopic (exact) mass is 867 g/mol. The van der Waals surface area contributed by atoms with Crippen LogP contribution >= 0.6 is 0 Å². The van der Waals surface area contributed by atoms with E-state index in [1.54, 1.807) is 0 Å². The molecule has 0 spiro atoms. The van der Waals surface area contributed by atoms with E-state index in [-0.39, 0.29) is 5.41 Å². The maximum atomic E-state index is 2.39. The van der Waals surface area contributed by atoms with Crippen LogP contribution in [0.5, 0.6) is 0 Å². The molecule has 1 nitrogen and oxygen atoms in total. The Morgan fingerprint density at radius 1 is 0.250 bits per heavy atom. The van der Waals surface area contributed by atoms with Gasteiger partial charge in [-0.25, -0.2) is 0 Å². The molecule has 1 aliphatic carbocycles. The van der Waals surface area contributed by atoms with E-state index < -0.39 is 0 Å². The zero-order chi connectivity index (χ0) is 45.6. The highest BCUT2D eigenvalue weighted by molar-refractivity contribution is 5.91. The van der Waals surface area contributed by atoms with Gasteiger partial charge in [-0.3, -0.25) is 0 Å². The first-order chi connectivity index (χ1) is 33.5. The van der Waals surface area contributed by atoms with E-state index in [4.69, 9.17) is 0 Å². The molecule has 68 heavy (non-hydrogen) atoms. The highest BCUT2D eigenvalue weighted by Crippen LogP contribution is 2.52. The Bertz CT molecular complexity index is 3620. The van der Waals surface area contributed by atoms with Gasteiger partial charge in [0.25, 0.3) is 0 Å². The number of rotatable bonds is 9. The van der Waals surface area contributed by atoms with Crippen LogP contribution in [0.2, 0.25) is 0 Å². The van der Waals surface area contributed by atoms with Gasteiger partial charge in [-0.15, -0.1) is 0 Å². The summed E-state index contributed by atoms with van der Waals surface area (Å²) in [5.74, 6) is 0. The molecule has 0 unspecified atom stereocenters. The fraction of sp³-hybridized carbons (Fsp3) is 0.0448. The summed E-state index contributed by atoms with van der Waals surface area (Å²) in [5.41, 5.74) is 23.2. The SMILES string of the molecule is CC1(C)c2ccccc2-c2cccc(-c3ccc(N(c4ccc(-c5ccc(-c6cccc(-c7ccc8ccccc8c7)c6)cc5)cc4)c4cccc(-c5ccccc5-c5ccccc5)c4)cc3)c21. The van der Waals surface area contributed by atoms with Crippen LogP contribution in [-0.4, -0.2) is 0 Å². The summed E-state index contributed by atoms with van der Waals surface area (Å²) in [6.07, 6.45) is 0. The smallest absolute Gasteiger partial charge is 0.0467 e. The minimum absolute atomic E-state index is 0.102. The summed E-state index contributed by atoms with van der Waals surface area (Å²) in [7, 11) is 0. The van der Waals surface area contributed by atoms with E-state index in [1.165, 1.54) is 99.8 Å². The summed E-state index contributed by atoms with van der Waals surface area (Å²) in [4.78, 5) is 2.39. The summed E-state index contributed by atoms with van der Waals surface area (Å²) >= 11 is 0. The average Bonchev–Trinajstić information content (AvgIpc) is 3.65. The molecule has 11 aromatic carbocycles. The number of anilines is 3.